The number of hydrogen-bond donors (Lipinski definition) is 1. The number of anilines is 1. The fourth-order valence-electron chi connectivity index (χ4n) is 1.47. The largest absolute Gasteiger partial charge is 0.310 e. The topological polar surface area (TPSA) is 64.0 Å². The molecule has 0 saturated heterocycles. The number of fused-ring (bicyclic) bond motifs is 1. The third-order valence-electron chi connectivity index (χ3n) is 2.54. The third kappa shape index (κ3) is 1.44. The highest BCUT2D eigenvalue weighted by Crippen LogP contribution is 2.23. The number of carbonyl (C=O) groups is 2. The SMILES string of the molecule is CC1C(=O)Nc2cc(C(C)C)nn2C1=O. The molecule has 0 radical (unpaired) electrons. The monoisotopic (exact) mass is 207 g/mol. The van der Waals surface area contributed by atoms with E-state index in [1.165, 1.54) is 4.68 Å². The molecule has 5 nitrogen and oxygen atoms in total. The number of aromatic nitrogens is 2. The fourth-order valence-corrected chi connectivity index (χ4v) is 1.47. The summed E-state index contributed by atoms with van der Waals surface area (Å²) in [7, 11) is 0. The molecule has 1 aromatic heterocycles. The normalized spacial score (nSPS) is 20.4. The minimum absolute atomic E-state index is 0.239. The van der Waals surface area contributed by atoms with E-state index < -0.39 is 5.92 Å². The Bertz CT molecular complexity index is 434. The molecule has 15 heavy (non-hydrogen) atoms. The van der Waals surface area contributed by atoms with Crippen molar-refractivity contribution < 1.29 is 9.59 Å². The fraction of sp³-hybridized carbons (Fsp3) is 0.500. The summed E-state index contributed by atoms with van der Waals surface area (Å²) in [6.45, 7) is 5.56. The first-order valence-electron chi connectivity index (χ1n) is 4.95. The molecule has 1 atom stereocenters. The number of nitrogens with one attached hydrogen (secondary N) is 1. The summed E-state index contributed by atoms with van der Waals surface area (Å²) < 4.78 is 1.28. The highest BCUT2D eigenvalue weighted by atomic mass is 16.2. The summed E-state index contributed by atoms with van der Waals surface area (Å²) >= 11 is 0. The zero-order valence-electron chi connectivity index (χ0n) is 8.94. The van der Waals surface area contributed by atoms with Gasteiger partial charge in [0.25, 0.3) is 5.91 Å². The Morgan fingerprint density at radius 1 is 1.47 bits per heavy atom. The lowest BCUT2D eigenvalue weighted by molar-refractivity contribution is -0.118. The van der Waals surface area contributed by atoms with Gasteiger partial charge in [-0.15, -0.1) is 0 Å². The average Bonchev–Trinajstić information content (AvgIpc) is 2.58. The van der Waals surface area contributed by atoms with Crippen molar-refractivity contribution >= 4 is 17.6 Å². The summed E-state index contributed by atoms with van der Waals surface area (Å²) in [4.78, 5) is 23.1. The van der Waals surface area contributed by atoms with E-state index in [9.17, 15) is 9.59 Å². The molecule has 2 heterocycles. The Balaban J connectivity index is 2.47. The van der Waals surface area contributed by atoms with E-state index in [-0.39, 0.29) is 17.7 Å². The number of rotatable bonds is 1. The van der Waals surface area contributed by atoms with Crippen molar-refractivity contribution in [2.75, 3.05) is 5.32 Å². The molecular formula is C10H13N3O2. The number of hydrogen-bond acceptors (Lipinski definition) is 3. The molecule has 0 saturated carbocycles. The maximum absolute atomic E-state index is 11.7. The van der Waals surface area contributed by atoms with Gasteiger partial charge in [0.1, 0.15) is 11.7 Å². The van der Waals surface area contributed by atoms with E-state index in [0.29, 0.717) is 5.82 Å². The van der Waals surface area contributed by atoms with Crippen LogP contribution in [0.4, 0.5) is 5.82 Å². The molecule has 0 bridgehead atoms. The van der Waals surface area contributed by atoms with E-state index in [0.717, 1.165) is 5.69 Å². The molecule has 0 aromatic carbocycles. The van der Waals surface area contributed by atoms with E-state index in [1.807, 2.05) is 13.8 Å². The van der Waals surface area contributed by atoms with Crippen molar-refractivity contribution in [3.8, 4) is 0 Å². The molecular weight excluding hydrogens is 194 g/mol. The molecule has 2 rings (SSSR count). The van der Waals surface area contributed by atoms with Crippen LogP contribution >= 0.6 is 0 Å². The summed E-state index contributed by atoms with van der Waals surface area (Å²) in [5.74, 6) is -0.462. The Kier molecular flexibility index (Phi) is 2.10. The zero-order valence-corrected chi connectivity index (χ0v) is 8.94. The van der Waals surface area contributed by atoms with Crippen LogP contribution < -0.4 is 5.32 Å². The standard InChI is InChI=1S/C10H13N3O2/c1-5(2)7-4-8-11-9(14)6(3)10(15)13(8)12-7/h4-6H,1-3H3,(H,11,14). The van der Waals surface area contributed by atoms with Gasteiger partial charge in [0.15, 0.2) is 0 Å². The van der Waals surface area contributed by atoms with Crippen LogP contribution in [0.25, 0.3) is 0 Å². The molecule has 1 N–H and O–H groups in total. The Morgan fingerprint density at radius 2 is 2.13 bits per heavy atom. The molecule has 0 aliphatic carbocycles. The van der Waals surface area contributed by atoms with Gasteiger partial charge in [-0.1, -0.05) is 13.8 Å². The predicted molar refractivity (Wildman–Crippen MR) is 54.7 cm³/mol. The van der Waals surface area contributed by atoms with Gasteiger partial charge in [-0.3, -0.25) is 9.59 Å². The first-order chi connectivity index (χ1) is 7.00. The van der Waals surface area contributed by atoms with E-state index >= 15 is 0 Å². The second kappa shape index (κ2) is 3.18. The molecule has 1 amide bonds. The molecule has 5 heteroatoms. The van der Waals surface area contributed by atoms with Crippen LogP contribution in [0.15, 0.2) is 6.07 Å². The van der Waals surface area contributed by atoms with Crippen LogP contribution in [-0.4, -0.2) is 21.6 Å². The molecule has 1 aromatic rings. The minimum Gasteiger partial charge on any atom is -0.310 e. The smallest absolute Gasteiger partial charge is 0.261 e. The number of amides is 1. The Labute approximate surface area is 87.5 Å². The molecule has 1 aliphatic rings. The van der Waals surface area contributed by atoms with Crippen molar-refractivity contribution in [2.24, 2.45) is 5.92 Å². The van der Waals surface area contributed by atoms with Crippen LogP contribution in [0.3, 0.4) is 0 Å². The molecule has 1 aliphatic heterocycles. The maximum Gasteiger partial charge on any atom is 0.261 e. The van der Waals surface area contributed by atoms with Gasteiger partial charge in [-0.2, -0.15) is 9.78 Å². The highest BCUT2D eigenvalue weighted by Gasteiger charge is 2.32. The van der Waals surface area contributed by atoms with Crippen LogP contribution in [-0.2, 0) is 4.79 Å². The van der Waals surface area contributed by atoms with Crippen molar-refractivity contribution in [3.63, 3.8) is 0 Å². The lowest BCUT2D eigenvalue weighted by Crippen LogP contribution is -2.37. The van der Waals surface area contributed by atoms with Crippen LogP contribution in [0.2, 0.25) is 0 Å². The average molecular weight is 207 g/mol. The molecule has 0 fully saturated rings. The molecule has 80 valence electrons. The Morgan fingerprint density at radius 3 is 2.73 bits per heavy atom. The first kappa shape index (κ1) is 9.89. The lowest BCUT2D eigenvalue weighted by Gasteiger charge is -2.17. The minimum atomic E-state index is -0.655. The second-order valence-corrected chi connectivity index (χ2v) is 4.07. The van der Waals surface area contributed by atoms with Gasteiger partial charge in [0.2, 0.25) is 5.91 Å². The van der Waals surface area contributed by atoms with Crippen LogP contribution in [0, 0.1) is 5.92 Å². The number of carbonyl (C=O) groups excluding carboxylic acids is 2. The second-order valence-electron chi connectivity index (χ2n) is 4.07. The van der Waals surface area contributed by atoms with Crippen molar-refractivity contribution in [3.05, 3.63) is 11.8 Å². The summed E-state index contributed by atoms with van der Waals surface area (Å²) in [5.41, 5.74) is 0.813. The quantitative estimate of drug-likeness (QED) is 0.704. The van der Waals surface area contributed by atoms with Crippen LogP contribution in [0.5, 0.6) is 0 Å². The van der Waals surface area contributed by atoms with Gasteiger partial charge in [0, 0.05) is 6.07 Å². The van der Waals surface area contributed by atoms with Crippen LogP contribution in [0.1, 0.15) is 37.2 Å². The first-order valence-corrected chi connectivity index (χ1v) is 4.95. The van der Waals surface area contributed by atoms with Crippen molar-refractivity contribution in [1.82, 2.24) is 9.78 Å². The zero-order chi connectivity index (χ0) is 11.2. The molecule has 1 unspecified atom stereocenters. The predicted octanol–water partition coefficient (Wildman–Crippen LogP) is 1.23. The van der Waals surface area contributed by atoms with Gasteiger partial charge in [-0.25, -0.2) is 0 Å². The Hall–Kier alpha value is -1.65. The van der Waals surface area contributed by atoms with E-state index in [2.05, 4.69) is 10.4 Å². The van der Waals surface area contributed by atoms with Gasteiger partial charge >= 0.3 is 0 Å². The van der Waals surface area contributed by atoms with E-state index in [4.69, 9.17) is 0 Å². The van der Waals surface area contributed by atoms with Gasteiger partial charge in [-0.05, 0) is 12.8 Å². The molecule has 0 spiro atoms. The summed E-state index contributed by atoms with van der Waals surface area (Å²) in [6.07, 6.45) is 0. The van der Waals surface area contributed by atoms with E-state index in [1.54, 1.807) is 13.0 Å². The van der Waals surface area contributed by atoms with Gasteiger partial charge in [0.05, 0.1) is 5.69 Å². The maximum atomic E-state index is 11.7. The lowest BCUT2D eigenvalue weighted by atomic mass is 10.1. The highest BCUT2D eigenvalue weighted by molar-refractivity contribution is 6.10. The van der Waals surface area contributed by atoms with Crippen molar-refractivity contribution in [2.45, 2.75) is 26.7 Å². The van der Waals surface area contributed by atoms with Gasteiger partial charge < -0.3 is 5.32 Å². The van der Waals surface area contributed by atoms with Crippen molar-refractivity contribution in [1.29, 1.82) is 0 Å². The third-order valence-corrected chi connectivity index (χ3v) is 2.54. The number of nitrogens with zero attached hydrogens (tertiary/aromatic N) is 2. The summed E-state index contributed by atoms with van der Waals surface area (Å²) in [5, 5.41) is 6.82. The summed E-state index contributed by atoms with van der Waals surface area (Å²) in [6, 6.07) is 1.74.